The molecule has 1 fully saturated rings. The van der Waals surface area contributed by atoms with E-state index in [2.05, 4.69) is 5.32 Å². The van der Waals surface area contributed by atoms with Crippen molar-refractivity contribution in [1.29, 1.82) is 0 Å². The maximum Gasteiger partial charge on any atom is 0.282 e. The Labute approximate surface area is 113 Å². The van der Waals surface area contributed by atoms with Gasteiger partial charge in [0.1, 0.15) is 0 Å². The van der Waals surface area contributed by atoms with Gasteiger partial charge < -0.3 is 11.1 Å². The molecule has 0 aliphatic heterocycles. The number of nitrogens with zero attached hydrogens (tertiary/aromatic N) is 1. The van der Waals surface area contributed by atoms with Crippen LogP contribution < -0.4 is 11.1 Å². The van der Waals surface area contributed by atoms with Gasteiger partial charge in [0.25, 0.3) is 5.69 Å². The molecule has 0 aromatic heterocycles. The first-order valence-electron chi connectivity index (χ1n) is 5.44. The Kier molecular flexibility index (Phi) is 3.53. The highest BCUT2D eigenvalue weighted by atomic mass is 127. The lowest BCUT2D eigenvalue weighted by atomic mass is 10.1. The van der Waals surface area contributed by atoms with E-state index in [1.165, 1.54) is 18.9 Å². The molecule has 0 spiro atoms. The van der Waals surface area contributed by atoms with Gasteiger partial charge in [0.2, 0.25) is 0 Å². The van der Waals surface area contributed by atoms with E-state index in [0.29, 0.717) is 10.1 Å². The van der Waals surface area contributed by atoms with Gasteiger partial charge in [-0.3, -0.25) is 10.1 Å². The highest BCUT2D eigenvalue weighted by molar-refractivity contribution is 14.1. The van der Waals surface area contributed by atoms with Crippen LogP contribution in [0.25, 0.3) is 0 Å². The lowest BCUT2D eigenvalue weighted by Gasteiger charge is -2.14. The Bertz CT molecular complexity index is 446. The van der Waals surface area contributed by atoms with Crippen LogP contribution in [0.1, 0.15) is 12.8 Å². The molecular formula is C11H14IN3O2. The average Bonchev–Trinajstić information content (AvgIpc) is 3.07. The molecule has 1 aromatic carbocycles. The molecule has 92 valence electrons. The zero-order valence-corrected chi connectivity index (χ0v) is 11.4. The van der Waals surface area contributed by atoms with Crippen LogP contribution in [0.4, 0.5) is 11.4 Å². The van der Waals surface area contributed by atoms with Gasteiger partial charge in [-0.1, -0.05) is 0 Å². The molecule has 1 aliphatic rings. The van der Waals surface area contributed by atoms with Crippen LogP contribution in [-0.4, -0.2) is 18.0 Å². The van der Waals surface area contributed by atoms with Gasteiger partial charge in [-0.2, -0.15) is 0 Å². The van der Waals surface area contributed by atoms with E-state index < -0.39 is 0 Å². The second kappa shape index (κ2) is 4.77. The van der Waals surface area contributed by atoms with Crippen LogP contribution in [0, 0.1) is 19.1 Å². The van der Waals surface area contributed by atoms with Gasteiger partial charge in [0.15, 0.2) is 0 Å². The van der Waals surface area contributed by atoms with E-state index in [-0.39, 0.29) is 16.0 Å². The Balaban J connectivity index is 2.03. The number of rotatable bonds is 5. The van der Waals surface area contributed by atoms with Crippen molar-refractivity contribution < 1.29 is 4.92 Å². The molecule has 0 atom stereocenters. The van der Waals surface area contributed by atoms with Gasteiger partial charge >= 0.3 is 0 Å². The third-order valence-electron chi connectivity index (χ3n) is 3.20. The number of nitro groups is 1. The summed E-state index contributed by atoms with van der Waals surface area (Å²) in [5, 5.41) is 14.0. The van der Waals surface area contributed by atoms with E-state index in [1.807, 2.05) is 22.6 Å². The number of nitrogens with one attached hydrogen (secondary N) is 1. The molecule has 1 aliphatic carbocycles. The molecule has 3 N–H and O–H groups in total. The smallest absolute Gasteiger partial charge is 0.282 e. The average molecular weight is 347 g/mol. The molecule has 5 nitrogen and oxygen atoms in total. The molecule has 0 saturated heterocycles. The summed E-state index contributed by atoms with van der Waals surface area (Å²) in [6, 6.07) is 5.07. The lowest BCUT2D eigenvalue weighted by Crippen LogP contribution is -2.24. The van der Waals surface area contributed by atoms with Gasteiger partial charge in [-0.15, -0.1) is 0 Å². The molecule has 0 amide bonds. The first kappa shape index (κ1) is 12.6. The molecule has 6 heteroatoms. The normalized spacial score (nSPS) is 16.6. The predicted molar refractivity (Wildman–Crippen MR) is 75.0 cm³/mol. The maximum atomic E-state index is 10.7. The summed E-state index contributed by atoms with van der Waals surface area (Å²) in [7, 11) is 0. The fourth-order valence-electron chi connectivity index (χ4n) is 1.68. The zero-order valence-electron chi connectivity index (χ0n) is 9.28. The monoisotopic (exact) mass is 347 g/mol. The number of halogens is 1. The molecule has 17 heavy (non-hydrogen) atoms. The third kappa shape index (κ3) is 2.86. The number of nitro benzene ring substituents is 1. The number of hydrogen-bond acceptors (Lipinski definition) is 4. The first-order valence-corrected chi connectivity index (χ1v) is 6.52. The summed E-state index contributed by atoms with van der Waals surface area (Å²) in [4.78, 5) is 10.3. The largest absolute Gasteiger partial charge is 0.384 e. The van der Waals surface area contributed by atoms with Crippen LogP contribution in [-0.2, 0) is 0 Å². The van der Waals surface area contributed by atoms with Crippen molar-refractivity contribution in [3.63, 3.8) is 0 Å². The Morgan fingerprint density at radius 2 is 2.24 bits per heavy atom. The van der Waals surface area contributed by atoms with Gasteiger partial charge in [0, 0.05) is 18.3 Å². The summed E-state index contributed by atoms with van der Waals surface area (Å²) in [5.74, 6) is 0. The van der Waals surface area contributed by atoms with Gasteiger partial charge in [0.05, 0.1) is 8.49 Å². The van der Waals surface area contributed by atoms with Crippen LogP contribution in [0.2, 0.25) is 0 Å². The molecule has 0 unspecified atom stereocenters. The van der Waals surface area contributed by atoms with E-state index >= 15 is 0 Å². The fourth-order valence-corrected chi connectivity index (χ4v) is 2.40. The molecular weight excluding hydrogens is 333 g/mol. The summed E-state index contributed by atoms with van der Waals surface area (Å²) in [6.45, 7) is 1.54. The van der Waals surface area contributed by atoms with Crippen molar-refractivity contribution >= 4 is 34.0 Å². The van der Waals surface area contributed by atoms with Gasteiger partial charge in [-0.05, 0) is 59.5 Å². The maximum absolute atomic E-state index is 10.7. The third-order valence-corrected chi connectivity index (χ3v) is 4.07. The summed E-state index contributed by atoms with van der Waals surface area (Å²) in [5.41, 5.74) is 7.02. The standard InChI is InChI=1S/C11H14IN3O2/c12-9-5-8(1-2-10(9)15(16)17)14-7-11(6-13)3-4-11/h1-2,5,14H,3-4,6-7,13H2. The Morgan fingerprint density at radius 3 is 2.71 bits per heavy atom. The number of benzene rings is 1. The fraction of sp³-hybridized carbons (Fsp3) is 0.455. The first-order chi connectivity index (χ1) is 8.06. The van der Waals surface area contributed by atoms with Crippen LogP contribution in [0.5, 0.6) is 0 Å². The highest BCUT2D eigenvalue weighted by Crippen LogP contribution is 2.44. The summed E-state index contributed by atoms with van der Waals surface area (Å²) >= 11 is 1.98. The minimum Gasteiger partial charge on any atom is -0.384 e. The predicted octanol–water partition coefficient (Wildman–Crippen LogP) is 2.35. The zero-order chi connectivity index (χ0) is 12.5. The molecule has 2 rings (SSSR count). The molecule has 1 saturated carbocycles. The van der Waals surface area contributed by atoms with E-state index in [0.717, 1.165) is 12.2 Å². The minimum atomic E-state index is -0.367. The van der Waals surface area contributed by atoms with Crippen LogP contribution in [0.3, 0.4) is 0 Å². The van der Waals surface area contributed by atoms with Crippen molar-refractivity contribution in [3.05, 3.63) is 31.9 Å². The lowest BCUT2D eigenvalue weighted by molar-refractivity contribution is -0.385. The van der Waals surface area contributed by atoms with E-state index in [9.17, 15) is 10.1 Å². The molecule has 0 bridgehead atoms. The summed E-state index contributed by atoms with van der Waals surface area (Å²) in [6.07, 6.45) is 2.33. The Morgan fingerprint density at radius 1 is 1.53 bits per heavy atom. The number of anilines is 1. The van der Waals surface area contributed by atoms with E-state index in [1.54, 1.807) is 12.1 Å². The SMILES string of the molecule is NCC1(CNc2ccc([N+](=O)[O-])c(I)c2)CC1. The van der Waals surface area contributed by atoms with Crippen LogP contribution >= 0.6 is 22.6 Å². The van der Waals surface area contributed by atoms with Crippen molar-refractivity contribution in [2.75, 3.05) is 18.4 Å². The van der Waals surface area contributed by atoms with Crippen molar-refractivity contribution in [2.45, 2.75) is 12.8 Å². The molecule has 0 radical (unpaired) electrons. The summed E-state index contributed by atoms with van der Waals surface area (Å²) < 4.78 is 0.648. The quantitative estimate of drug-likeness (QED) is 0.487. The highest BCUT2D eigenvalue weighted by Gasteiger charge is 2.40. The second-order valence-electron chi connectivity index (χ2n) is 4.48. The van der Waals surface area contributed by atoms with E-state index in [4.69, 9.17) is 5.73 Å². The Hall–Kier alpha value is -0.890. The minimum absolute atomic E-state index is 0.149. The molecule has 0 heterocycles. The van der Waals surface area contributed by atoms with Crippen molar-refractivity contribution in [3.8, 4) is 0 Å². The topological polar surface area (TPSA) is 81.2 Å². The van der Waals surface area contributed by atoms with Crippen molar-refractivity contribution in [2.24, 2.45) is 11.1 Å². The number of hydrogen-bond donors (Lipinski definition) is 2. The van der Waals surface area contributed by atoms with Gasteiger partial charge in [-0.25, -0.2) is 0 Å². The second-order valence-corrected chi connectivity index (χ2v) is 5.64. The van der Waals surface area contributed by atoms with Crippen molar-refractivity contribution in [1.82, 2.24) is 0 Å². The number of nitrogens with two attached hydrogens (primary N) is 1. The van der Waals surface area contributed by atoms with Crippen LogP contribution in [0.15, 0.2) is 18.2 Å². The molecule has 1 aromatic rings.